The normalized spacial score (nSPS) is 11.6. The Bertz CT molecular complexity index is 922. The first-order chi connectivity index (χ1) is 10.9. The number of benzene rings is 1. The van der Waals surface area contributed by atoms with Crippen molar-refractivity contribution in [2.45, 2.75) is 25.7 Å². The van der Waals surface area contributed by atoms with Crippen molar-refractivity contribution in [1.29, 1.82) is 0 Å². The lowest BCUT2D eigenvalue weighted by Gasteiger charge is -2.07. The largest absolute Gasteiger partial charge is 0.360 e. The van der Waals surface area contributed by atoms with Gasteiger partial charge in [0.05, 0.1) is 0 Å². The van der Waals surface area contributed by atoms with Crippen molar-refractivity contribution in [3.05, 3.63) is 41.5 Å². The van der Waals surface area contributed by atoms with Crippen LogP contribution in [0.25, 0.3) is 11.5 Å². The molecule has 1 aromatic carbocycles. The average molecular weight is 334 g/mol. The predicted molar refractivity (Wildman–Crippen MR) is 81.3 cm³/mol. The van der Waals surface area contributed by atoms with Gasteiger partial charge in [-0.05, 0) is 45.0 Å². The van der Waals surface area contributed by atoms with Crippen molar-refractivity contribution in [3.8, 4) is 11.5 Å². The van der Waals surface area contributed by atoms with Crippen LogP contribution in [-0.2, 0) is 10.0 Å². The van der Waals surface area contributed by atoms with Crippen LogP contribution in [0.2, 0.25) is 0 Å². The minimum atomic E-state index is -3.76. The standard InChI is InChI=1S/C14H14N4O4S/c1-8-13(9(2)21-16-8)23(19,20)18-12-6-4-11(5-7-12)14-15-10(3)17-22-14/h4-7,18H,1-3H3. The molecule has 3 aromatic rings. The van der Waals surface area contributed by atoms with Crippen molar-refractivity contribution in [1.82, 2.24) is 15.3 Å². The second kappa shape index (κ2) is 5.51. The molecule has 2 heterocycles. The highest BCUT2D eigenvalue weighted by Crippen LogP contribution is 2.24. The van der Waals surface area contributed by atoms with E-state index in [2.05, 4.69) is 20.0 Å². The van der Waals surface area contributed by atoms with Crippen LogP contribution in [0.5, 0.6) is 0 Å². The SMILES string of the molecule is Cc1noc(-c2ccc(NS(=O)(=O)c3c(C)noc3C)cc2)n1. The first kappa shape index (κ1) is 15.2. The molecule has 0 unspecified atom stereocenters. The van der Waals surface area contributed by atoms with Gasteiger partial charge in [-0.15, -0.1) is 0 Å². The molecular weight excluding hydrogens is 320 g/mol. The van der Waals surface area contributed by atoms with E-state index in [9.17, 15) is 8.42 Å². The molecule has 23 heavy (non-hydrogen) atoms. The van der Waals surface area contributed by atoms with Gasteiger partial charge in [0.15, 0.2) is 16.5 Å². The molecule has 0 bridgehead atoms. The van der Waals surface area contributed by atoms with Gasteiger partial charge in [0.1, 0.15) is 5.69 Å². The van der Waals surface area contributed by atoms with Gasteiger partial charge in [-0.3, -0.25) is 4.72 Å². The van der Waals surface area contributed by atoms with Crippen LogP contribution < -0.4 is 4.72 Å². The number of anilines is 1. The Kier molecular flexibility index (Phi) is 3.64. The molecule has 0 saturated heterocycles. The van der Waals surface area contributed by atoms with Gasteiger partial charge in [-0.2, -0.15) is 4.98 Å². The highest BCUT2D eigenvalue weighted by atomic mass is 32.2. The zero-order valence-electron chi connectivity index (χ0n) is 12.7. The van der Waals surface area contributed by atoms with E-state index >= 15 is 0 Å². The Labute approximate surface area is 132 Å². The summed E-state index contributed by atoms with van der Waals surface area (Å²) in [6.07, 6.45) is 0. The van der Waals surface area contributed by atoms with E-state index in [1.54, 1.807) is 45.0 Å². The third-order valence-corrected chi connectivity index (χ3v) is 4.77. The van der Waals surface area contributed by atoms with Crippen molar-refractivity contribution < 1.29 is 17.5 Å². The smallest absolute Gasteiger partial charge is 0.267 e. The predicted octanol–water partition coefficient (Wildman–Crippen LogP) is 2.45. The molecule has 0 amide bonds. The summed E-state index contributed by atoms with van der Waals surface area (Å²) in [6, 6.07) is 6.62. The second-order valence-corrected chi connectivity index (χ2v) is 6.60. The fourth-order valence-corrected chi connectivity index (χ4v) is 3.55. The van der Waals surface area contributed by atoms with Gasteiger partial charge in [-0.25, -0.2) is 8.42 Å². The van der Waals surface area contributed by atoms with Crippen LogP contribution in [-0.4, -0.2) is 23.7 Å². The van der Waals surface area contributed by atoms with Gasteiger partial charge in [0, 0.05) is 11.3 Å². The molecule has 0 aliphatic rings. The Morgan fingerprint density at radius 3 is 2.22 bits per heavy atom. The van der Waals surface area contributed by atoms with Crippen molar-refractivity contribution in [2.24, 2.45) is 0 Å². The summed E-state index contributed by atoms with van der Waals surface area (Å²) in [5.74, 6) is 1.15. The van der Waals surface area contributed by atoms with Crippen LogP contribution >= 0.6 is 0 Å². The van der Waals surface area contributed by atoms with Crippen molar-refractivity contribution in [2.75, 3.05) is 4.72 Å². The molecule has 0 saturated carbocycles. The molecular formula is C14H14N4O4S. The number of aryl methyl sites for hydroxylation is 3. The summed E-state index contributed by atoms with van der Waals surface area (Å²) in [7, 11) is -3.76. The van der Waals surface area contributed by atoms with Crippen LogP contribution in [0.1, 0.15) is 17.3 Å². The minimum absolute atomic E-state index is 0.0501. The molecule has 120 valence electrons. The average Bonchev–Trinajstić information content (AvgIpc) is 3.06. The molecule has 3 rings (SSSR count). The zero-order chi connectivity index (χ0) is 16.6. The van der Waals surface area contributed by atoms with Crippen LogP contribution in [0.3, 0.4) is 0 Å². The maximum absolute atomic E-state index is 12.4. The summed E-state index contributed by atoms with van der Waals surface area (Å²) in [5, 5.41) is 7.37. The Morgan fingerprint density at radius 1 is 1.00 bits per heavy atom. The maximum Gasteiger partial charge on any atom is 0.267 e. The maximum atomic E-state index is 12.4. The Hall–Kier alpha value is -2.68. The third kappa shape index (κ3) is 2.95. The quantitative estimate of drug-likeness (QED) is 0.780. The van der Waals surface area contributed by atoms with E-state index in [4.69, 9.17) is 9.05 Å². The first-order valence-electron chi connectivity index (χ1n) is 6.73. The highest BCUT2D eigenvalue weighted by molar-refractivity contribution is 7.92. The van der Waals surface area contributed by atoms with E-state index in [-0.39, 0.29) is 10.7 Å². The van der Waals surface area contributed by atoms with Gasteiger partial charge in [0.25, 0.3) is 15.9 Å². The number of hydrogen-bond acceptors (Lipinski definition) is 7. The molecule has 0 radical (unpaired) electrons. The number of sulfonamides is 1. The topological polar surface area (TPSA) is 111 Å². The zero-order valence-corrected chi connectivity index (χ0v) is 13.5. The molecule has 0 aliphatic carbocycles. The summed E-state index contributed by atoms with van der Waals surface area (Å²) in [6.45, 7) is 4.85. The number of nitrogens with zero attached hydrogens (tertiary/aromatic N) is 3. The molecule has 8 nitrogen and oxygen atoms in total. The van der Waals surface area contributed by atoms with Crippen LogP contribution in [0.15, 0.2) is 38.2 Å². The second-order valence-electron chi connectivity index (χ2n) is 4.98. The summed E-state index contributed by atoms with van der Waals surface area (Å²) >= 11 is 0. The molecule has 0 aliphatic heterocycles. The monoisotopic (exact) mass is 334 g/mol. The molecule has 0 atom stereocenters. The number of aromatic nitrogens is 3. The molecule has 0 fully saturated rings. The number of hydrogen-bond donors (Lipinski definition) is 1. The molecule has 0 spiro atoms. The lowest BCUT2D eigenvalue weighted by Crippen LogP contribution is -2.14. The summed E-state index contributed by atoms with van der Waals surface area (Å²) in [5.41, 5.74) is 1.42. The van der Waals surface area contributed by atoms with Crippen molar-refractivity contribution >= 4 is 15.7 Å². The number of rotatable bonds is 4. The lowest BCUT2D eigenvalue weighted by molar-refractivity contribution is 0.390. The van der Waals surface area contributed by atoms with E-state index in [1.807, 2.05) is 0 Å². The van der Waals surface area contributed by atoms with Gasteiger partial charge >= 0.3 is 0 Å². The Morgan fingerprint density at radius 2 is 1.70 bits per heavy atom. The van der Waals surface area contributed by atoms with Gasteiger partial charge < -0.3 is 9.05 Å². The van der Waals surface area contributed by atoms with Gasteiger partial charge in [-0.1, -0.05) is 10.3 Å². The number of nitrogens with one attached hydrogen (secondary N) is 1. The molecule has 9 heteroatoms. The van der Waals surface area contributed by atoms with E-state index in [0.717, 1.165) is 0 Å². The fraction of sp³-hybridized carbons (Fsp3) is 0.214. The van der Waals surface area contributed by atoms with Crippen LogP contribution in [0, 0.1) is 20.8 Å². The fourth-order valence-electron chi connectivity index (χ4n) is 2.16. The third-order valence-electron chi connectivity index (χ3n) is 3.15. The summed E-state index contributed by atoms with van der Waals surface area (Å²) in [4.78, 5) is 4.16. The summed E-state index contributed by atoms with van der Waals surface area (Å²) < 4.78 is 37.3. The van der Waals surface area contributed by atoms with E-state index < -0.39 is 10.0 Å². The van der Waals surface area contributed by atoms with Crippen LogP contribution in [0.4, 0.5) is 5.69 Å². The Balaban J connectivity index is 1.86. The van der Waals surface area contributed by atoms with Crippen molar-refractivity contribution in [3.63, 3.8) is 0 Å². The van der Waals surface area contributed by atoms with E-state index in [1.165, 1.54) is 0 Å². The first-order valence-corrected chi connectivity index (χ1v) is 8.21. The molecule has 2 aromatic heterocycles. The molecule has 1 N–H and O–H groups in total. The highest BCUT2D eigenvalue weighted by Gasteiger charge is 2.24. The lowest BCUT2D eigenvalue weighted by atomic mass is 10.2. The van der Waals surface area contributed by atoms with E-state index in [0.29, 0.717) is 28.7 Å². The minimum Gasteiger partial charge on any atom is -0.360 e. The van der Waals surface area contributed by atoms with Gasteiger partial charge in [0.2, 0.25) is 0 Å².